The van der Waals surface area contributed by atoms with Crippen LogP contribution in [0, 0.1) is 13.8 Å². The van der Waals surface area contributed by atoms with Gasteiger partial charge in [-0.05, 0) is 19.4 Å². The summed E-state index contributed by atoms with van der Waals surface area (Å²) in [5, 5.41) is 1.97. The summed E-state index contributed by atoms with van der Waals surface area (Å²) < 4.78 is 38.9. The van der Waals surface area contributed by atoms with E-state index in [1.807, 2.05) is 36.3 Å². The Bertz CT molecular complexity index is 940. The van der Waals surface area contributed by atoms with E-state index < -0.39 is 17.6 Å². The number of H-pyrrole nitrogens is 1. The average Bonchev–Trinajstić information content (AvgIpc) is 2.87. The molecular weight excluding hydrogens is 309 g/mol. The summed E-state index contributed by atoms with van der Waals surface area (Å²) in [7, 11) is 0. The Labute approximate surface area is 128 Å². The number of fused-ring (bicyclic) bond motifs is 1. The lowest BCUT2D eigenvalue weighted by molar-refractivity contribution is -0.144. The summed E-state index contributed by atoms with van der Waals surface area (Å²) >= 11 is 0. The minimum absolute atomic E-state index is 0.284. The summed E-state index contributed by atoms with van der Waals surface area (Å²) in [6.45, 7) is 3.52. The van der Waals surface area contributed by atoms with Gasteiger partial charge in [-0.3, -0.25) is 9.89 Å². The van der Waals surface area contributed by atoms with Gasteiger partial charge < -0.3 is 0 Å². The van der Waals surface area contributed by atoms with Crippen molar-refractivity contribution in [3.05, 3.63) is 62.8 Å². The zero-order valence-electron chi connectivity index (χ0n) is 12.4. The van der Waals surface area contributed by atoms with Crippen molar-refractivity contribution in [3.8, 4) is 0 Å². The summed E-state index contributed by atoms with van der Waals surface area (Å²) in [5.74, 6) is -1.53. The molecule has 5 nitrogen and oxygen atoms in total. The molecule has 0 unspecified atom stereocenters. The van der Waals surface area contributed by atoms with Gasteiger partial charge in [-0.25, -0.2) is 4.98 Å². The lowest BCUT2D eigenvalue weighted by Gasteiger charge is -2.05. The summed E-state index contributed by atoms with van der Waals surface area (Å²) in [6, 6.07) is 7.56. The minimum Gasteiger partial charge on any atom is -0.267 e. The maximum Gasteiger partial charge on any atom is 0.451 e. The zero-order valence-corrected chi connectivity index (χ0v) is 12.4. The maximum atomic E-state index is 12.7. The van der Waals surface area contributed by atoms with E-state index in [2.05, 4.69) is 9.97 Å². The predicted octanol–water partition coefficient (Wildman–Crippen LogP) is 2.64. The molecule has 0 saturated heterocycles. The molecule has 0 radical (unpaired) electrons. The molecule has 1 N–H and O–H groups in total. The van der Waals surface area contributed by atoms with Crippen molar-refractivity contribution in [3.63, 3.8) is 0 Å². The number of aryl methyl sites for hydroxylation is 2. The molecular formula is C15H13F3N4O. The highest BCUT2D eigenvalue weighted by molar-refractivity contribution is 5.35. The third-order valence-corrected chi connectivity index (χ3v) is 3.53. The number of hydrogen-bond acceptors (Lipinski definition) is 3. The Hall–Kier alpha value is -2.64. The van der Waals surface area contributed by atoms with Crippen LogP contribution in [0.15, 0.2) is 29.1 Å². The van der Waals surface area contributed by atoms with E-state index in [-0.39, 0.29) is 5.78 Å². The Morgan fingerprint density at radius 1 is 1.22 bits per heavy atom. The molecule has 0 bridgehead atoms. The van der Waals surface area contributed by atoms with Gasteiger partial charge in [0.05, 0.1) is 5.69 Å². The van der Waals surface area contributed by atoms with E-state index in [0.717, 1.165) is 15.6 Å². The third kappa shape index (κ3) is 2.84. The van der Waals surface area contributed by atoms with Crippen molar-refractivity contribution in [2.24, 2.45) is 0 Å². The average molecular weight is 322 g/mol. The second kappa shape index (κ2) is 5.22. The van der Waals surface area contributed by atoms with E-state index in [9.17, 15) is 18.0 Å². The Balaban J connectivity index is 2.13. The van der Waals surface area contributed by atoms with Crippen LogP contribution in [0.5, 0.6) is 0 Å². The maximum absolute atomic E-state index is 12.7. The lowest BCUT2D eigenvalue weighted by Crippen LogP contribution is -2.22. The van der Waals surface area contributed by atoms with Crippen LogP contribution in [0.2, 0.25) is 0 Å². The predicted molar refractivity (Wildman–Crippen MR) is 77.3 cm³/mol. The molecule has 23 heavy (non-hydrogen) atoms. The second-order valence-electron chi connectivity index (χ2n) is 5.35. The van der Waals surface area contributed by atoms with Gasteiger partial charge in [0.1, 0.15) is 0 Å². The number of hydrogen-bond donors (Lipinski definition) is 1. The van der Waals surface area contributed by atoms with Crippen LogP contribution in [0.25, 0.3) is 5.78 Å². The Morgan fingerprint density at radius 2 is 1.96 bits per heavy atom. The first-order chi connectivity index (χ1) is 10.8. The Morgan fingerprint density at radius 3 is 2.61 bits per heavy atom. The standard InChI is InChI=1S/C15H13F3N4O/c1-8-4-3-5-10(6-8)7-11-9(2)19-14-20-13(15(16,17)18)21-22(14)12(11)23/h3-6H,7H2,1-2H3,(H,19,20,21). The quantitative estimate of drug-likeness (QED) is 0.789. The zero-order chi connectivity index (χ0) is 16.8. The smallest absolute Gasteiger partial charge is 0.267 e. The highest BCUT2D eigenvalue weighted by Crippen LogP contribution is 2.26. The first-order valence-corrected chi connectivity index (χ1v) is 6.86. The number of rotatable bonds is 2. The molecule has 0 fully saturated rings. The van der Waals surface area contributed by atoms with Crippen molar-refractivity contribution in [2.75, 3.05) is 0 Å². The fourth-order valence-electron chi connectivity index (χ4n) is 2.41. The first-order valence-electron chi connectivity index (χ1n) is 6.86. The van der Waals surface area contributed by atoms with Crippen LogP contribution in [-0.4, -0.2) is 19.6 Å². The van der Waals surface area contributed by atoms with Crippen LogP contribution >= 0.6 is 0 Å². The van der Waals surface area contributed by atoms with Crippen LogP contribution in [0.1, 0.15) is 28.2 Å². The molecule has 0 atom stereocenters. The number of aromatic nitrogens is 4. The fraction of sp³-hybridized carbons (Fsp3) is 0.267. The van der Waals surface area contributed by atoms with Crippen molar-refractivity contribution in [1.29, 1.82) is 0 Å². The first kappa shape index (κ1) is 15.3. The van der Waals surface area contributed by atoms with Crippen LogP contribution in [0.3, 0.4) is 0 Å². The monoisotopic (exact) mass is 322 g/mol. The van der Waals surface area contributed by atoms with Gasteiger partial charge >= 0.3 is 6.18 Å². The van der Waals surface area contributed by atoms with Crippen LogP contribution in [-0.2, 0) is 12.6 Å². The molecule has 3 aromatic rings. The normalized spacial score (nSPS) is 12.0. The molecule has 120 valence electrons. The van der Waals surface area contributed by atoms with Crippen LogP contribution in [0.4, 0.5) is 13.2 Å². The largest absolute Gasteiger partial charge is 0.451 e. The second-order valence-corrected chi connectivity index (χ2v) is 5.35. The minimum atomic E-state index is -4.66. The summed E-state index contributed by atoms with van der Waals surface area (Å²) in [6.07, 6.45) is -4.37. The lowest BCUT2D eigenvalue weighted by atomic mass is 10.0. The van der Waals surface area contributed by atoms with Crippen molar-refractivity contribution in [2.45, 2.75) is 26.4 Å². The number of aromatic amines is 1. The molecule has 0 amide bonds. The van der Waals surface area contributed by atoms with Gasteiger partial charge in [0.2, 0.25) is 5.82 Å². The van der Waals surface area contributed by atoms with E-state index in [1.54, 1.807) is 6.92 Å². The number of nitrogens with one attached hydrogen (secondary N) is 1. The summed E-state index contributed by atoms with van der Waals surface area (Å²) in [4.78, 5) is 19.8. The molecule has 8 heteroatoms. The van der Waals surface area contributed by atoms with Gasteiger partial charge in [-0.2, -0.15) is 22.7 Å². The molecule has 0 aliphatic heterocycles. The van der Waals surface area contributed by atoms with Gasteiger partial charge in [0.25, 0.3) is 11.3 Å². The molecule has 2 aromatic heterocycles. The highest BCUT2D eigenvalue weighted by atomic mass is 19.4. The SMILES string of the molecule is Cc1cccc(Cc2c(C)nc3nc(C(F)(F)F)[nH]n3c2=O)c1. The van der Waals surface area contributed by atoms with Gasteiger partial charge in [-0.15, -0.1) is 0 Å². The van der Waals surface area contributed by atoms with Gasteiger partial charge in [-0.1, -0.05) is 29.8 Å². The van der Waals surface area contributed by atoms with Crippen molar-refractivity contribution >= 4 is 5.78 Å². The molecule has 0 saturated carbocycles. The van der Waals surface area contributed by atoms with Crippen LogP contribution < -0.4 is 5.56 Å². The van der Waals surface area contributed by atoms with E-state index >= 15 is 0 Å². The molecule has 3 rings (SSSR count). The van der Waals surface area contributed by atoms with E-state index in [4.69, 9.17) is 0 Å². The third-order valence-electron chi connectivity index (χ3n) is 3.53. The number of alkyl halides is 3. The Kier molecular flexibility index (Phi) is 3.46. The molecule has 1 aromatic carbocycles. The highest BCUT2D eigenvalue weighted by Gasteiger charge is 2.35. The fourth-order valence-corrected chi connectivity index (χ4v) is 2.41. The number of halogens is 3. The molecule has 0 spiro atoms. The summed E-state index contributed by atoms with van der Waals surface area (Å²) in [5.41, 5.74) is 2.07. The van der Waals surface area contributed by atoms with Gasteiger partial charge in [0, 0.05) is 12.0 Å². The van der Waals surface area contributed by atoms with Crippen molar-refractivity contribution < 1.29 is 13.2 Å². The van der Waals surface area contributed by atoms with Crippen molar-refractivity contribution in [1.82, 2.24) is 19.6 Å². The van der Waals surface area contributed by atoms with E-state index in [0.29, 0.717) is 17.7 Å². The number of nitrogens with zero attached hydrogens (tertiary/aromatic N) is 3. The van der Waals surface area contributed by atoms with E-state index in [1.165, 1.54) is 0 Å². The molecule has 0 aliphatic rings. The topological polar surface area (TPSA) is 63.1 Å². The molecule has 2 heterocycles. The molecule has 0 aliphatic carbocycles. The number of benzene rings is 1. The van der Waals surface area contributed by atoms with Gasteiger partial charge in [0.15, 0.2) is 0 Å².